The number of nitrogens with one attached hydrogen (secondary N) is 1. The lowest BCUT2D eigenvalue weighted by Gasteiger charge is -2.18. The summed E-state index contributed by atoms with van der Waals surface area (Å²) in [6.07, 6.45) is 0. The first-order valence-electron chi connectivity index (χ1n) is 5.37. The summed E-state index contributed by atoms with van der Waals surface area (Å²) in [7, 11) is 1.29. The maximum atomic E-state index is 11.9. The number of hydrogen-bond acceptors (Lipinski definition) is 4. The predicted octanol–water partition coefficient (Wildman–Crippen LogP) is 2.45. The number of alkyl halides is 2. The molecule has 1 amide bonds. The van der Waals surface area contributed by atoms with E-state index in [2.05, 4.69) is 10.1 Å². The average Bonchev–Trinajstić information content (AvgIpc) is 2.43. The Hall–Kier alpha value is -0.910. The van der Waals surface area contributed by atoms with Crippen molar-refractivity contribution in [2.75, 3.05) is 12.9 Å². The van der Waals surface area contributed by atoms with Crippen LogP contribution in [0, 0.1) is 0 Å². The fourth-order valence-corrected chi connectivity index (χ4v) is 2.53. The van der Waals surface area contributed by atoms with Crippen molar-refractivity contribution in [1.29, 1.82) is 0 Å². The van der Waals surface area contributed by atoms with Gasteiger partial charge in [-0.05, 0) is 12.1 Å². The normalized spacial score (nSPS) is 12.0. The summed E-state index contributed by atoms with van der Waals surface area (Å²) < 4.78 is 4.51. The third-order valence-electron chi connectivity index (χ3n) is 2.15. The maximum Gasteiger partial charge on any atom is 0.315 e. The van der Waals surface area contributed by atoms with E-state index in [0.29, 0.717) is 5.56 Å². The van der Waals surface area contributed by atoms with Crippen LogP contribution >= 0.6 is 35.0 Å². The number of benzene rings is 1. The van der Waals surface area contributed by atoms with Crippen LogP contribution in [-0.2, 0) is 9.53 Å². The van der Waals surface area contributed by atoms with Crippen LogP contribution in [0.5, 0.6) is 0 Å². The standard InChI is InChI=1S/C12H13Cl2NO3S/c1-18-9(16)7-19-12(10(13)14)15-11(17)8-5-3-2-4-6-8/h2-6,10,12H,7H2,1H3,(H,15,17)/t12-/m1/s1. The molecule has 0 aliphatic rings. The first-order valence-corrected chi connectivity index (χ1v) is 7.29. The van der Waals surface area contributed by atoms with Crippen molar-refractivity contribution in [3.8, 4) is 0 Å². The van der Waals surface area contributed by atoms with Gasteiger partial charge in [0.2, 0.25) is 0 Å². The number of carbonyl (C=O) groups excluding carboxylic acids is 2. The molecule has 0 fully saturated rings. The smallest absolute Gasteiger partial charge is 0.315 e. The van der Waals surface area contributed by atoms with E-state index < -0.39 is 16.2 Å². The van der Waals surface area contributed by atoms with Crippen molar-refractivity contribution in [3.63, 3.8) is 0 Å². The molecule has 104 valence electrons. The van der Waals surface area contributed by atoms with Crippen LogP contribution in [0.1, 0.15) is 10.4 Å². The van der Waals surface area contributed by atoms with Gasteiger partial charge < -0.3 is 10.1 Å². The van der Waals surface area contributed by atoms with Gasteiger partial charge in [0.1, 0.15) is 10.2 Å². The maximum absolute atomic E-state index is 11.9. The van der Waals surface area contributed by atoms with E-state index in [0.717, 1.165) is 11.8 Å². The van der Waals surface area contributed by atoms with E-state index in [4.69, 9.17) is 23.2 Å². The summed E-state index contributed by atoms with van der Waals surface area (Å²) in [4.78, 5) is 22.1. The van der Waals surface area contributed by atoms with Crippen LogP contribution in [0.2, 0.25) is 0 Å². The number of amides is 1. The number of rotatable bonds is 6. The zero-order chi connectivity index (χ0) is 14.3. The minimum atomic E-state index is -0.831. The fourth-order valence-electron chi connectivity index (χ4n) is 1.20. The zero-order valence-electron chi connectivity index (χ0n) is 10.1. The molecule has 0 aromatic heterocycles. The van der Waals surface area contributed by atoms with Gasteiger partial charge in [-0.25, -0.2) is 0 Å². The molecule has 0 saturated carbocycles. The summed E-state index contributed by atoms with van der Waals surface area (Å²) in [5.74, 6) is -0.640. The van der Waals surface area contributed by atoms with Crippen LogP contribution in [-0.4, -0.2) is 34.9 Å². The van der Waals surface area contributed by atoms with Crippen molar-refractivity contribution >= 4 is 46.8 Å². The van der Waals surface area contributed by atoms with Crippen LogP contribution < -0.4 is 5.32 Å². The summed E-state index contributed by atoms with van der Waals surface area (Å²) in [6.45, 7) is 0. The molecule has 0 aliphatic heterocycles. The molecule has 0 unspecified atom stereocenters. The van der Waals surface area contributed by atoms with Crippen LogP contribution in [0.25, 0.3) is 0 Å². The number of ether oxygens (including phenoxy) is 1. The Morgan fingerprint density at radius 2 is 1.95 bits per heavy atom. The number of carbonyl (C=O) groups is 2. The van der Waals surface area contributed by atoms with Crippen molar-refractivity contribution < 1.29 is 14.3 Å². The minimum absolute atomic E-state index is 0.0617. The number of thioether (sulfide) groups is 1. The number of hydrogen-bond donors (Lipinski definition) is 1. The second-order valence-electron chi connectivity index (χ2n) is 3.48. The van der Waals surface area contributed by atoms with E-state index >= 15 is 0 Å². The van der Waals surface area contributed by atoms with Gasteiger partial charge in [-0.1, -0.05) is 18.2 Å². The summed E-state index contributed by atoms with van der Waals surface area (Å²) in [5, 5.41) is 2.08. The molecule has 1 N–H and O–H groups in total. The fraction of sp³-hybridized carbons (Fsp3) is 0.333. The van der Waals surface area contributed by atoms with E-state index in [9.17, 15) is 9.59 Å². The van der Waals surface area contributed by atoms with Crippen molar-refractivity contribution in [2.45, 2.75) is 10.2 Å². The van der Waals surface area contributed by atoms with Gasteiger partial charge in [-0.3, -0.25) is 9.59 Å². The molecule has 1 aromatic rings. The number of esters is 1. The summed E-state index contributed by atoms with van der Waals surface area (Å²) >= 11 is 12.7. The van der Waals surface area contributed by atoms with Gasteiger partial charge in [-0.2, -0.15) is 0 Å². The van der Waals surface area contributed by atoms with Gasteiger partial charge in [0.05, 0.1) is 12.9 Å². The topological polar surface area (TPSA) is 55.4 Å². The molecular weight excluding hydrogens is 309 g/mol. The Bertz CT molecular complexity index is 428. The highest BCUT2D eigenvalue weighted by molar-refractivity contribution is 8.00. The molecule has 4 nitrogen and oxygen atoms in total. The molecule has 1 rings (SSSR count). The van der Waals surface area contributed by atoms with E-state index in [1.165, 1.54) is 7.11 Å². The Morgan fingerprint density at radius 1 is 1.32 bits per heavy atom. The highest BCUT2D eigenvalue weighted by Gasteiger charge is 2.21. The van der Waals surface area contributed by atoms with E-state index in [-0.39, 0.29) is 11.7 Å². The van der Waals surface area contributed by atoms with Gasteiger partial charge in [0, 0.05) is 5.56 Å². The predicted molar refractivity (Wildman–Crippen MR) is 77.7 cm³/mol. The SMILES string of the molecule is COC(=O)CS[C@@H](NC(=O)c1ccccc1)C(Cl)Cl. The van der Waals surface area contributed by atoms with Gasteiger partial charge >= 0.3 is 5.97 Å². The molecule has 0 bridgehead atoms. The van der Waals surface area contributed by atoms with Crippen LogP contribution in [0.3, 0.4) is 0 Å². The highest BCUT2D eigenvalue weighted by Crippen LogP contribution is 2.20. The molecular formula is C12H13Cl2NO3S. The molecule has 0 heterocycles. The molecule has 19 heavy (non-hydrogen) atoms. The highest BCUT2D eigenvalue weighted by atomic mass is 35.5. The largest absolute Gasteiger partial charge is 0.468 e. The van der Waals surface area contributed by atoms with Crippen molar-refractivity contribution in [1.82, 2.24) is 5.32 Å². The Kier molecular flexibility index (Phi) is 7.05. The summed E-state index contributed by atoms with van der Waals surface area (Å²) in [6, 6.07) is 8.67. The Labute approximate surface area is 125 Å². The quantitative estimate of drug-likeness (QED) is 0.497. The number of halogens is 2. The van der Waals surface area contributed by atoms with Crippen LogP contribution in [0.15, 0.2) is 30.3 Å². The van der Waals surface area contributed by atoms with Gasteiger partial charge in [-0.15, -0.1) is 35.0 Å². The van der Waals surface area contributed by atoms with Crippen LogP contribution in [0.4, 0.5) is 0 Å². The first-order chi connectivity index (χ1) is 9.04. The molecule has 0 aliphatic carbocycles. The second kappa shape index (κ2) is 8.30. The Balaban J connectivity index is 2.58. The van der Waals surface area contributed by atoms with E-state index in [1.807, 2.05) is 6.07 Å². The monoisotopic (exact) mass is 321 g/mol. The van der Waals surface area contributed by atoms with Crippen molar-refractivity contribution in [3.05, 3.63) is 35.9 Å². The summed E-state index contributed by atoms with van der Waals surface area (Å²) in [5.41, 5.74) is 0.500. The molecule has 7 heteroatoms. The molecule has 0 saturated heterocycles. The third kappa shape index (κ3) is 5.72. The lowest BCUT2D eigenvalue weighted by molar-refractivity contribution is -0.137. The minimum Gasteiger partial charge on any atom is -0.468 e. The lowest BCUT2D eigenvalue weighted by Crippen LogP contribution is -2.37. The lowest BCUT2D eigenvalue weighted by atomic mass is 10.2. The molecule has 0 spiro atoms. The average molecular weight is 322 g/mol. The zero-order valence-corrected chi connectivity index (χ0v) is 12.5. The molecule has 0 radical (unpaired) electrons. The molecule has 1 atom stereocenters. The second-order valence-corrected chi connectivity index (χ2v) is 5.78. The third-order valence-corrected chi connectivity index (χ3v) is 4.10. The van der Waals surface area contributed by atoms with E-state index in [1.54, 1.807) is 24.3 Å². The van der Waals surface area contributed by atoms with Crippen molar-refractivity contribution in [2.24, 2.45) is 0 Å². The van der Waals surface area contributed by atoms with Gasteiger partial charge in [0.25, 0.3) is 5.91 Å². The van der Waals surface area contributed by atoms with Gasteiger partial charge in [0.15, 0.2) is 0 Å². The molecule has 1 aromatic carbocycles. The first kappa shape index (κ1) is 16.1. The number of methoxy groups -OCH3 is 1. The Morgan fingerprint density at radius 3 is 2.47 bits per heavy atom.